The molecule has 0 aliphatic heterocycles. The first-order valence-electron chi connectivity index (χ1n) is 9.08. The zero-order valence-corrected chi connectivity index (χ0v) is 20.1. The summed E-state index contributed by atoms with van der Waals surface area (Å²) in [6.45, 7) is 31.2. The number of hydrogen-bond acceptors (Lipinski definition) is 0. The second-order valence-corrected chi connectivity index (χ2v) is 8.71. The molecule has 0 radical (unpaired) electrons. The molecule has 0 aromatic carbocycles. The first-order valence-corrected chi connectivity index (χ1v) is 9.08. The smallest absolute Gasteiger partial charge is 0.0230 e. The molecule has 0 aromatic heterocycles. The number of hydrogen-bond donors (Lipinski definition) is 0. The minimum atomic E-state index is 0.189. The quantitative estimate of drug-likeness (QED) is 0.305. The highest BCUT2D eigenvalue weighted by atomic mass is 14.1. The maximum atomic E-state index is 3.03. The lowest BCUT2D eigenvalue weighted by molar-refractivity contribution is 0.540. The molecule has 0 saturated heterocycles. The Labute approximate surface area is 161 Å². The molecular weight excluding hydrogens is 300 g/mol. The predicted octanol–water partition coefficient (Wildman–Crippen LogP) is 8.45. The molecule has 0 rings (SSSR count). The van der Waals surface area contributed by atoms with Crippen LogP contribution in [0.25, 0.3) is 0 Å². The van der Waals surface area contributed by atoms with Gasteiger partial charge in [-0.05, 0) is 88.5 Å². The van der Waals surface area contributed by atoms with Crippen molar-refractivity contribution in [2.75, 3.05) is 0 Å². The highest BCUT2D eigenvalue weighted by Crippen LogP contribution is 2.16. The van der Waals surface area contributed by atoms with Crippen molar-refractivity contribution in [3.05, 3.63) is 22.8 Å². The molecular formula is C25H46. The molecule has 0 unspecified atom stereocenters. The van der Waals surface area contributed by atoms with Crippen molar-refractivity contribution in [1.29, 1.82) is 0 Å². The summed E-state index contributed by atoms with van der Waals surface area (Å²) in [5, 5.41) is 0. The summed E-state index contributed by atoms with van der Waals surface area (Å²) < 4.78 is 0. The summed E-state index contributed by atoms with van der Waals surface area (Å²) in [6.07, 6.45) is 2.27. The molecule has 25 heavy (non-hydrogen) atoms. The van der Waals surface area contributed by atoms with Crippen LogP contribution in [0, 0.1) is 34.5 Å². The average molecular weight is 347 g/mol. The molecule has 0 heteroatoms. The zero-order valence-electron chi connectivity index (χ0n) is 20.1. The molecule has 0 nitrogen and oxygen atoms in total. The van der Waals surface area contributed by atoms with Gasteiger partial charge in [-0.2, -0.15) is 0 Å². The first-order chi connectivity index (χ1) is 11.0. The Hall–Kier alpha value is -1.40. The SMILES string of the molecule is CC#CC.CC#CC(C)(C)C.CC(C)=C(C)C.CC(C)=CC(C)(C)C. The van der Waals surface area contributed by atoms with E-state index in [2.05, 4.69) is 113 Å². The first kappa shape index (κ1) is 31.4. The van der Waals surface area contributed by atoms with Gasteiger partial charge in [-0.15, -0.1) is 17.8 Å². The highest BCUT2D eigenvalue weighted by molar-refractivity contribution is 5.04. The zero-order chi connectivity index (χ0) is 21.3. The van der Waals surface area contributed by atoms with E-state index in [0.717, 1.165) is 0 Å². The van der Waals surface area contributed by atoms with Crippen molar-refractivity contribution in [3.8, 4) is 23.7 Å². The fraction of sp³-hybridized carbons (Fsp3) is 0.680. The summed E-state index contributed by atoms with van der Waals surface area (Å²) in [5.74, 6) is 11.3. The molecule has 0 heterocycles. The second kappa shape index (κ2) is 17.4. The molecule has 0 amide bonds. The Balaban J connectivity index is -0.000000121. The standard InChI is InChI=1S/C8H16.C7H12.C6H12.C4H6/c1-7(2)6-8(3,4)5;1-5-6-7(2,3)4;1-5(2)6(3)4;1-3-4-2/h6H,1-5H3;1-4H3;1-4H3;1-2H3. The van der Waals surface area contributed by atoms with Gasteiger partial charge >= 0.3 is 0 Å². The van der Waals surface area contributed by atoms with Crippen LogP contribution < -0.4 is 0 Å². The van der Waals surface area contributed by atoms with Gasteiger partial charge < -0.3 is 0 Å². The van der Waals surface area contributed by atoms with Crippen LogP contribution in [0.15, 0.2) is 22.8 Å². The van der Waals surface area contributed by atoms with Crippen molar-refractivity contribution in [2.45, 2.75) is 104 Å². The van der Waals surface area contributed by atoms with Crippen LogP contribution in [0.5, 0.6) is 0 Å². The van der Waals surface area contributed by atoms with Crippen molar-refractivity contribution >= 4 is 0 Å². The van der Waals surface area contributed by atoms with Crippen molar-refractivity contribution in [2.24, 2.45) is 10.8 Å². The van der Waals surface area contributed by atoms with E-state index in [1.807, 2.05) is 20.8 Å². The van der Waals surface area contributed by atoms with Gasteiger partial charge in [-0.3, -0.25) is 0 Å². The van der Waals surface area contributed by atoms with Crippen molar-refractivity contribution in [1.82, 2.24) is 0 Å². The Kier molecular flexibility index (Phi) is 21.9. The largest absolute Gasteiger partial charge is 0.107 e. The summed E-state index contributed by atoms with van der Waals surface area (Å²) in [5.41, 5.74) is 4.80. The second-order valence-electron chi connectivity index (χ2n) is 8.71. The third-order valence-corrected chi connectivity index (χ3v) is 2.47. The molecule has 0 aromatic rings. The highest BCUT2D eigenvalue weighted by Gasteiger charge is 2.03. The van der Waals surface area contributed by atoms with Crippen LogP contribution in [0.4, 0.5) is 0 Å². The molecule has 0 N–H and O–H groups in total. The van der Waals surface area contributed by atoms with Gasteiger partial charge in [-0.25, -0.2) is 0 Å². The summed E-state index contributed by atoms with van der Waals surface area (Å²) in [4.78, 5) is 0. The third kappa shape index (κ3) is 60.4. The van der Waals surface area contributed by atoms with Gasteiger partial charge in [0.1, 0.15) is 0 Å². The van der Waals surface area contributed by atoms with Crippen molar-refractivity contribution < 1.29 is 0 Å². The Bertz CT molecular complexity index is 461. The van der Waals surface area contributed by atoms with E-state index in [0.29, 0.717) is 5.41 Å². The monoisotopic (exact) mass is 346 g/mol. The summed E-state index contributed by atoms with van der Waals surface area (Å²) in [6, 6.07) is 0. The van der Waals surface area contributed by atoms with Gasteiger partial charge in [0.2, 0.25) is 0 Å². The summed E-state index contributed by atoms with van der Waals surface area (Å²) >= 11 is 0. The molecule has 0 saturated carbocycles. The normalized spacial score (nSPS) is 8.76. The molecule has 0 atom stereocenters. The minimum Gasteiger partial charge on any atom is -0.107 e. The van der Waals surface area contributed by atoms with Crippen molar-refractivity contribution in [3.63, 3.8) is 0 Å². The van der Waals surface area contributed by atoms with E-state index in [1.165, 1.54) is 16.7 Å². The van der Waals surface area contributed by atoms with Gasteiger partial charge in [0, 0.05) is 5.41 Å². The lowest BCUT2D eigenvalue weighted by Crippen LogP contribution is -1.99. The van der Waals surface area contributed by atoms with Crippen LogP contribution >= 0.6 is 0 Å². The third-order valence-electron chi connectivity index (χ3n) is 2.47. The van der Waals surface area contributed by atoms with Crippen LogP contribution in [0.1, 0.15) is 104 Å². The van der Waals surface area contributed by atoms with Crippen LogP contribution in [0.2, 0.25) is 0 Å². The van der Waals surface area contributed by atoms with E-state index >= 15 is 0 Å². The molecule has 0 bridgehead atoms. The maximum absolute atomic E-state index is 3.03. The predicted molar refractivity (Wildman–Crippen MR) is 121 cm³/mol. The van der Waals surface area contributed by atoms with Gasteiger partial charge in [0.15, 0.2) is 0 Å². The van der Waals surface area contributed by atoms with Crippen LogP contribution in [-0.4, -0.2) is 0 Å². The Morgan fingerprint density at radius 1 is 0.600 bits per heavy atom. The topological polar surface area (TPSA) is 0 Å². The minimum absolute atomic E-state index is 0.189. The number of rotatable bonds is 0. The molecule has 0 fully saturated rings. The Morgan fingerprint density at radius 3 is 0.920 bits per heavy atom. The van der Waals surface area contributed by atoms with E-state index in [1.54, 1.807) is 0 Å². The number of allylic oxidation sites excluding steroid dienone is 4. The lowest BCUT2D eigenvalue weighted by atomic mass is 9.94. The fourth-order valence-electron chi connectivity index (χ4n) is 1.24. The fourth-order valence-corrected chi connectivity index (χ4v) is 1.24. The lowest BCUT2D eigenvalue weighted by Gasteiger charge is -2.11. The molecule has 146 valence electrons. The van der Waals surface area contributed by atoms with E-state index in [4.69, 9.17) is 0 Å². The molecule has 0 aliphatic carbocycles. The molecule has 0 aliphatic rings. The van der Waals surface area contributed by atoms with Gasteiger partial charge in [-0.1, -0.05) is 49.5 Å². The van der Waals surface area contributed by atoms with E-state index in [-0.39, 0.29) is 5.41 Å². The van der Waals surface area contributed by atoms with Crippen LogP contribution in [-0.2, 0) is 0 Å². The summed E-state index contributed by atoms with van der Waals surface area (Å²) in [7, 11) is 0. The average Bonchev–Trinajstić information content (AvgIpc) is 2.35. The maximum Gasteiger partial charge on any atom is 0.0230 e. The Morgan fingerprint density at radius 2 is 0.920 bits per heavy atom. The van der Waals surface area contributed by atoms with Gasteiger partial charge in [0.25, 0.3) is 0 Å². The van der Waals surface area contributed by atoms with E-state index in [9.17, 15) is 0 Å². The molecule has 0 spiro atoms. The van der Waals surface area contributed by atoms with Crippen LogP contribution in [0.3, 0.4) is 0 Å². The van der Waals surface area contributed by atoms with E-state index < -0.39 is 0 Å². The van der Waals surface area contributed by atoms with Gasteiger partial charge in [0.05, 0.1) is 0 Å².